The van der Waals surface area contributed by atoms with E-state index in [1.807, 2.05) is 0 Å². The van der Waals surface area contributed by atoms with Crippen molar-refractivity contribution >= 4 is 12.4 Å². The maximum absolute atomic E-state index is 9.03. The molecule has 0 bridgehead atoms. The van der Waals surface area contributed by atoms with Crippen LogP contribution in [0, 0.1) is 0 Å². The normalized spacial score (nSPS) is 11.9. The maximum Gasteiger partial charge on any atom is 0.115 e. The fourth-order valence-corrected chi connectivity index (χ4v) is 1.20. The number of phenols is 1. The molecule has 0 saturated heterocycles. The van der Waals surface area contributed by atoms with Crippen LogP contribution in [0.1, 0.15) is 24.4 Å². The van der Waals surface area contributed by atoms with Crippen LogP contribution in [0.3, 0.4) is 0 Å². The van der Waals surface area contributed by atoms with Gasteiger partial charge in [-0.1, -0.05) is 12.1 Å². The second-order valence-electron chi connectivity index (χ2n) is 3.06. The minimum Gasteiger partial charge on any atom is -0.508 e. The van der Waals surface area contributed by atoms with Crippen molar-refractivity contribution in [2.24, 2.45) is 5.73 Å². The van der Waals surface area contributed by atoms with Gasteiger partial charge >= 0.3 is 0 Å². The van der Waals surface area contributed by atoms with Crippen molar-refractivity contribution in [3.05, 3.63) is 29.8 Å². The van der Waals surface area contributed by atoms with Crippen molar-refractivity contribution < 1.29 is 10.2 Å². The zero-order valence-corrected chi connectivity index (χ0v) is 8.70. The number of rotatable bonds is 4. The van der Waals surface area contributed by atoms with E-state index in [1.165, 1.54) is 0 Å². The van der Waals surface area contributed by atoms with Gasteiger partial charge in [-0.2, -0.15) is 0 Å². The highest BCUT2D eigenvalue weighted by Gasteiger charge is 2.04. The molecule has 0 saturated carbocycles. The molecule has 1 rings (SSSR count). The molecular weight excluding hydrogens is 202 g/mol. The maximum atomic E-state index is 9.03. The highest BCUT2D eigenvalue weighted by Crippen LogP contribution is 2.18. The van der Waals surface area contributed by atoms with E-state index < -0.39 is 0 Å². The molecule has 0 aliphatic carbocycles. The van der Waals surface area contributed by atoms with Gasteiger partial charge in [0.1, 0.15) is 5.75 Å². The molecule has 1 aromatic carbocycles. The topological polar surface area (TPSA) is 66.5 Å². The molecular formula is C10H16ClNO2. The summed E-state index contributed by atoms with van der Waals surface area (Å²) < 4.78 is 0. The second-order valence-corrected chi connectivity index (χ2v) is 3.06. The second kappa shape index (κ2) is 6.65. The van der Waals surface area contributed by atoms with Crippen LogP contribution in [-0.4, -0.2) is 16.8 Å². The molecule has 4 N–H and O–H groups in total. The average Bonchev–Trinajstić information content (AvgIpc) is 2.15. The number of hydrogen-bond donors (Lipinski definition) is 3. The Kier molecular flexibility index (Phi) is 6.28. The Labute approximate surface area is 90.0 Å². The van der Waals surface area contributed by atoms with Crippen molar-refractivity contribution in [1.29, 1.82) is 0 Å². The highest BCUT2D eigenvalue weighted by molar-refractivity contribution is 5.85. The summed E-state index contributed by atoms with van der Waals surface area (Å²) in [6.45, 7) is 0.172. The third kappa shape index (κ3) is 3.96. The summed E-state index contributed by atoms with van der Waals surface area (Å²) in [6.07, 6.45) is 1.48. The monoisotopic (exact) mass is 217 g/mol. The first kappa shape index (κ1) is 13.2. The summed E-state index contributed by atoms with van der Waals surface area (Å²) in [5.41, 5.74) is 6.83. The van der Waals surface area contributed by atoms with Crippen LogP contribution in [0.5, 0.6) is 5.75 Å². The number of hydrogen-bond acceptors (Lipinski definition) is 3. The number of aliphatic hydroxyl groups is 1. The average molecular weight is 218 g/mol. The van der Waals surface area contributed by atoms with Crippen LogP contribution >= 0.6 is 12.4 Å². The number of nitrogens with two attached hydrogens (primary N) is 1. The molecule has 0 heterocycles. The Morgan fingerprint density at radius 1 is 1.21 bits per heavy atom. The number of halogens is 1. The van der Waals surface area contributed by atoms with Crippen LogP contribution in [0.15, 0.2) is 24.3 Å². The van der Waals surface area contributed by atoms with Crippen molar-refractivity contribution in [3.8, 4) is 5.75 Å². The Bertz CT molecular complexity index is 251. The fourth-order valence-electron chi connectivity index (χ4n) is 1.20. The van der Waals surface area contributed by atoms with E-state index in [4.69, 9.17) is 15.9 Å². The smallest absolute Gasteiger partial charge is 0.115 e. The number of phenolic OH excluding ortho intramolecular Hbond substituents is 1. The molecule has 0 spiro atoms. The molecule has 4 heteroatoms. The summed E-state index contributed by atoms with van der Waals surface area (Å²) in [6, 6.07) is 6.80. The van der Waals surface area contributed by atoms with Gasteiger partial charge in [-0.15, -0.1) is 12.4 Å². The van der Waals surface area contributed by atoms with Gasteiger partial charge in [0.2, 0.25) is 0 Å². The van der Waals surface area contributed by atoms with Crippen molar-refractivity contribution in [3.63, 3.8) is 0 Å². The van der Waals surface area contributed by atoms with Gasteiger partial charge in [0.25, 0.3) is 0 Å². The lowest BCUT2D eigenvalue weighted by atomic mass is 10.0. The van der Waals surface area contributed by atoms with E-state index in [2.05, 4.69) is 0 Å². The third-order valence-corrected chi connectivity index (χ3v) is 1.99. The molecule has 0 fully saturated rings. The minimum atomic E-state index is -0.0484. The largest absolute Gasteiger partial charge is 0.508 e. The zero-order valence-electron chi connectivity index (χ0n) is 7.89. The van der Waals surface area contributed by atoms with Crippen LogP contribution in [-0.2, 0) is 0 Å². The van der Waals surface area contributed by atoms with Crippen LogP contribution < -0.4 is 5.73 Å². The molecule has 0 radical (unpaired) electrons. The Morgan fingerprint density at radius 3 is 2.29 bits per heavy atom. The van der Waals surface area contributed by atoms with Crippen LogP contribution in [0.2, 0.25) is 0 Å². The Morgan fingerprint density at radius 2 is 1.79 bits per heavy atom. The first-order chi connectivity index (χ1) is 6.24. The standard InChI is InChI=1S/C10H15NO2.ClH/c11-10(2-1-7-12)8-3-5-9(13)6-4-8;/h3-6,10,12-13H,1-2,7,11H2;1H/t10-;/m1./s1. The molecule has 0 aliphatic rings. The summed E-state index contributed by atoms with van der Waals surface area (Å²) >= 11 is 0. The van der Waals surface area contributed by atoms with E-state index in [1.54, 1.807) is 24.3 Å². The van der Waals surface area contributed by atoms with Gasteiger partial charge in [-0.25, -0.2) is 0 Å². The first-order valence-corrected chi connectivity index (χ1v) is 4.39. The lowest BCUT2D eigenvalue weighted by Gasteiger charge is -2.10. The van der Waals surface area contributed by atoms with E-state index in [-0.39, 0.29) is 30.8 Å². The third-order valence-electron chi connectivity index (χ3n) is 1.99. The molecule has 0 unspecified atom stereocenters. The van der Waals surface area contributed by atoms with E-state index in [9.17, 15) is 0 Å². The van der Waals surface area contributed by atoms with Crippen molar-refractivity contribution in [2.45, 2.75) is 18.9 Å². The van der Waals surface area contributed by atoms with Gasteiger partial charge in [-0.3, -0.25) is 0 Å². The number of aliphatic hydroxyl groups excluding tert-OH is 1. The lowest BCUT2D eigenvalue weighted by molar-refractivity contribution is 0.280. The quantitative estimate of drug-likeness (QED) is 0.718. The predicted octanol–water partition coefficient (Wildman–Crippen LogP) is 1.59. The molecule has 0 aliphatic heterocycles. The first-order valence-electron chi connectivity index (χ1n) is 4.39. The van der Waals surface area contributed by atoms with Gasteiger partial charge in [0.15, 0.2) is 0 Å². The van der Waals surface area contributed by atoms with Gasteiger partial charge in [0.05, 0.1) is 0 Å². The molecule has 0 amide bonds. The Hall–Kier alpha value is -0.770. The fraction of sp³-hybridized carbons (Fsp3) is 0.400. The SMILES string of the molecule is Cl.N[C@H](CCCO)c1ccc(O)cc1. The summed E-state index contributed by atoms with van der Waals surface area (Å²) in [4.78, 5) is 0. The zero-order chi connectivity index (χ0) is 9.68. The van der Waals surface area contributed by atoms with Crippen LogP contribution in [0.4, 0.5) is 0 Å². The summed E-state index contributed by atoms with van der Waals surface area (Å²) in [7, 11) is 0. The molecule has 14 heavy (non-hydrogen) atoms. The van der Waals surface area contributed by atoms with E-state index >= 15 is 0 Å². The number of benzene rings is 1. The van der Waals surface area contributed by atoms with Gasteiger partial charge < -0.3 is 15.9 Å². The molecule has 3 nitrogen and oxygen atoms in total. The van der Waals surface area contributed by atoms with E-state index in [0.29, 0.717) is 6.42 Å². The predicted molar refractivity (Wildman–Crippen MR) is 58.6 cm³/mol. The summed E-state index contributed by atoms with van der Waals surface area (Å²) in [5.74, 6) is 0.248. The van der Waals surface area contributed by atoms with Crippen molar-refractivity contribution in [1.82, 2.24) is 0 Å². The molecule has 0 aromatic heterocycles. The van der Waals surface area contributed by atoms with Gasteiger partial charge in [-0.05, 0) is 30.5 Å². The molecule has 1 aromatic rings. The minimum absolute atomic E-state index is 0. The molecule has 1 atom stereocenters. The van der Waals surface area contributed by atoms with Crippen LogP contribution in [0.25, 0.3) is 0 Å². The van der Waals surface area contributed by atoms with E-state index in [0.717, 1.165) is 12.0 Å². The highest BCUT2D eigenvalue weighted by atomic mass is 35.5. The molecule has 80 valence electrons. The van der Waals surface area contributed by atoms with Gasteiger partial charge in [0, 0.05) is 12.6 Å². The van der Waals surface area contributed by atoms with Crippen molar-refractivity contribution in [2.75, 3.05) is 6.61 Å². The number of aromatic hydroxyl groups is 1. The lowest BCUT2D eigenvalue weighted by Crippen LogP contribution is -2.10. The Balaban J connectivity index is 0.00000169. The summed E-state index contributed by atoms with van der Waals surface area (Å²) in [5, 5.41) is 17.6.